The summed E-state index contributed by atoms with van der Waals surface area (Å²) in [5.41, 5.74) is 1.07. The van der Waals surface area contributed by atoms with E-state index in [0.29, 0.717) is 19.1 Å². The van der Waals surface area contributed by atoms with Crippen LogP contribution in [-0.2, 0) is 23.1 Å². The van der Waals surface area contributed by atoms with Gasteiger partial charge in [0.2, 0.25) is 5.91 Å². The minimum Gasteiger partial charge on any atom is -0.378 e. The van der Waals surface area contributed by atoms with Gasteiger partial charge in [-0.3, -0.25) is 14.5 Å². The molecule has 6 nitrogen and oxygen atoms in total. The number of rotatable bonds is 3. The molecule has 0 atom stereocenters. The highest BCUT2D eigenvalue weighted by Gasteiger charge is 2.29. The van der Waals surface area contributed by atoms with Crippen molar-refractivity contribution in [2.45, 2.75) is 19.4 Å². The normalized spacial score (nSPS) is 20.7. The maximum Gasteiger partial charge on any atom is 0.250 e. The van der Waals surface area contributed by atoms with Gasteiger partial charge in [0.05, 0.1) is 13.2 Å². The molecule has 3 heterocycles. The van der Waals surface area contributed by atoms with Crippen molar-refractivity contribution >= 4 is 5.91 Å². The Hall–Kier alpha value is -1.66. The first-order valence-corrected chi connectivity index (χ1v) is 8.38. The molecule has 0 N–H and O–H groups in total. The van der Waals surface area contributed by atoms with E-state index in [1.807, 2.05) is 17.2 Å². The lowest BCUT2D eigenvalue weighted by molar-refractivity contribution is -0.141. The van der Waals surface area contributed by atoms with E-state index in [-0.39, 0.29) is 11.5 Å². The Morgan fingerprint density at radius 1 is 1.22 bits per heavy atom. The maximum atomic E-state index is 12.5. The van der Waals surface area contributed by atoms with Crippen LogP contribution < -0.4 is 5.56 Å². The number of hydrogen-bond donors (Lipinski definition) is 0. The number of nitrogens with zero attached hydrogens (tertiary/aromatic N) is 3. The fourth-order valence-electron chi connectivity index (χ4n) is 3.33. The summed E-state index contributed by atoms with van der Waals surface area (Å²) in [5.74, 6) is 0.439. The van der Waals surface area contributed by atoms with Crippen LogP contribution in [0.15, 0.2) is 23.1 Å². The van der Waals surface area contributed by atoms with Crippen LogP contribution in [0.5, 0.6) is 0 Å². The number of amides is 1. The van der Waals surface area contributed by atoms with Gasteiger partial charge in [-0.15, -0.1) is 0 Å². The van der Waals surface area contributed by atoms with E-state index in [0.717, 1.165) is 51.1 Å². The van der Waals surface area contributed by atoms with Gasteiger partial charge in [0.15, 0.2) is 0 Å². The predicted octanol–water partition coefficient (Wildman–Crippen LogP) is 0.456. The zero-order chi connectivity index (χ0) is 16.2. The van der Waals surface area contributed by atoms with E-state index in [2.05, 4.69) is 4.90 Å². The van der Waals surface area contributed by atoms with Gasteiger partial charge in [-0.25, -0.2) is 0 Å². The van der Waals surface area contributed by atoms with Crippen molar-refractivity contribution in [3.63, 3.8) is 0 Å². The molecule has 1 aromatic rings. The number of carbonyl (C=O) groups is 1. The Labute approximate surface area is 136 Å². The third kappa shape index (κ3) is 4.00. The monoisotopic (exact) mass is 319 g/mol. The van der Waals surface area contributed by atoms with Crippen LogP contribution in [0.25, 0.3) is 0 Å². The molecule has 2 saturated heterocycles. The lowest BCUT2D eigenvalue weighted by atomic mass is 9.95. The zero-order valence-corrected chi connectivity index (χ0v) is 13.7. The van der Waals surface area contributed by atoms with Gasteiger partial charge in [0, 0.05) is 44.9 Å². The highest BCUT2D eigenvalue weighted by Crippen LogP contribution is 2.21. The average molecular weight is 319 g/mol. The van der Waals surface area contributed by atoms with Crippen LogP contribution in [-0.4, -0.2) is 59.7 Å². The van der Waals surface area contributed by atoms with Crippen LogP contribution >= 0.6 is 0 Å². The largest absolute Gasteiger partial charge is 0.378 e. The summed E-state index contributed by atoms with van der Waals surface area (Å²) in [4.78, 5) is 28.5. The molecular weight excluding hydrogens is 294 g/mol. The number of carbonyl (C=O) groups excluding carboxylic acids is 1. The predicted molar refractivity (Wildman–Crippen MR) is 87.1 cm³/mol. The number of likely N-dealkylation sites (tertiary alicyclic amines) is 1. The minimum atomic E-state index is 0.0277. The summed E-state index contributed by atoms with van der Waals surface area (Å²) in [6, 6.07) is 3.69. The molecule has 0 spiro atoms. The SMILES string of the molecule is Cn1ccc(CN2CCC(C(=O)N3CCOCC3)CC2)cc1=O. The number of hydrogen-bond acceptors (Lipinski definition) is 4. The molecule has 2 aliphatic rings. The number of pyridine rings is 1. The molecule has 2 fully saturated rings. The highest BCUT2D eigenvalue weighted by molar-refractivity contribution is 5.79. The van der Waals surface area contributed by atoms with Crippen LogP contribution in [0, 0.1) is 5.92 Å². The molecule has 0 aliphatic carbocycles. The Morgan fingerprint density at radius 3 is 2.57 bits per heavy atom. The molecule has 1 amide bonds. The van der Waals surface area contributed by atoms with Gasteiger partial charge >= 0.3 is 0 Å². The Morgan fingerprint density at radius 2 is 1.91 bits per heavy atom. The lowest BCUT2D eigenvalue weighted by Crippen LogP contribution is -2.46. The first kappa shape index (κ1) is 16.2. The van der Waals surface area contributed by atoms with Crippen molar-refractivity contribution in [1.29, 1.82) is 0 Å². The molecule has 6 heteroatoms. The Balaban J connectivity index is 1.50. The maximum absolute atomic E-state index is 12.5. The number of piperidine rings is 1. The van der Waals surface area contributed by atoms with Gasteiger partial charge in [-0.2, -0.15) is 0 Å². The molecule has 126 valence electrons. The lowest BCUT2D eigenvalue weighted by Gasteiger charge is -2.35. The van der Waals surface area contributed by atoms with E-state index in [1.165, 1.54) is 0 Å². The molecule has 0 saturated carbocycles. The molecule has 0 unspecified atom stereocenters. The van der Waals surface area contributed by atoms with Gasteiger partial charge in [-0.05, 0) is 37.6 Å². The quantitative estimate of drug-likeness (QED) is 0.812. The van der Waals surface area contributed by atoms with E-state index in [4.69, 9.17) is 4.74 Å². The summed E-state index contributed by atoms with van der Waals surface area (Å²) in [5, 5.41) is 0. The summed E-state index contributed by atoms with van der Waals surface area (Å²) in [7, 11) is 1.76. The molecule has 0 bridgehead atoms. The second-order valence-corrected chi connectivity index (χ2v) is 6.47. The third-order valence-corrected chi connectivity index (χ3v) is 4.83. The average Bonchev–Trinajstić information content (AvgIpc) is 2.59. The van der Waals surface area contributed by atoms with Crippen molar-refractivity contribution in [3.8, 4) is 0 Å². The second-order valence-electron chi connectivity index (χ2n) is 6.47. The van der Waals surface area contributed by atoms with Gasteiger partial charge in [-0.1, -0.05) is 0 Å². The number of aromatic nitrogens is 1. The van der Waals surface area contributed by atoms with Gasteiger partial charge < -0.3 is 14.2 Å². The molecule has 2 aliphatic heterocycles. The second kappa shape index (κ2) is 7.27. The topological polar surface area (TPSA) is 54.8 Å². The van der Waals surface area contributed by atoms with Gasteiger partial charge in [0.25, 0.3) is 5.56 Å². The van der Waals surface area contributed by atoms with E-state index >= 15 is 0 Å². The molecular formula is C17H25N3O3. The van der Waals surface area contributed by atoms with Crippen LogP contribution in [0.2, 0.25) is 0 Å². The van der Waals surface area contributed by atoms with Crippen molar-refractivity contribution in [1.82, 2.24) is 14.4 Å². The summed E-state index contributed by atoms with van der Waals surface area (Å²) in [6.07, 6.45) is 3.62. The number of aryl methyl sites for hydroxylation is 1. The van der Waals surface area contributed by atoms with Crippen LogP contribution in [0.4, 0.5) is 0 Å². The van der Waals surface area contributed by atoms with Crippen LogP contribution in [0.1, 0.15) is 18.4 Å². The first-order valence-electron chi connectivity index (χ1n) is 8.38. The van der Waals surface area contributed by atoms with Crippen LogP contribution in [0.3, 0.4) is 0 Å². The summed E-state index contributed by atoms with van der Waals surface area (Å²) in [6.45, 7) is 5.39. The minimum absolute atomic E-state index is 0.0277. The van der Waals surface area contributed by atoms with Crippen molar-refractivity contribution in [2.24, 2.45) is 13.0 Å². The summed E-state index contributed by atoms with van der Waals surface area (Å²) < 4.78 is 6.89. The molecule has 1 aromatic heterocycles. The number of morpholine rings is 1. The Bertz CT molecular complexity index is 599. The number of ether oxygens (including phenoxy) is 1. The molecule has 0 radical (unpaired) electrons. The fourth-order valence-corrected chi connectivity index (χ4v) is 3.33. The van der Waals surface area contributed by atoms with E-state index < -0.39 is 0 Å². The zero-order valence-electron chi connectivity index (χ0n) is 13.7. The standard InChI is InChI=1S/C17H25N3O3/c1-18-5-2-14(12-16(18)21)13-19-6-3-15(4-7-19)17(22)20-8-10-23-11-9-20/h2,5,12,15H,3-4,6-11,13H2,1H3. The molecule has 23 heavy (non-hydrogen) atoms. The first-order chi connectivity index (χ1) is 11.1. The highest BCUT2D eigenvalue weighted by atomic mass is 16.5. The van der Waals surface area contributed by atoms with E-state index in [9.17, 15) is 9.59 Å². The van der Waals surface area contributed by atoms with Crippen molar-refractivity contribution < 1.29 is 9.53 Å². The molecule has 0 aromatic carbocycles. The molecule has 3 rings (SSSR count). The van der Waals surface area contributed by atoms with Crippen molar-refractivity contribution in [2.75, 3.05) is 39.4 Å². The smallest absolute Gasteiger partial charge is 0.250 e. The van der Waals surface area contributed by atoms with Gasteiger partial charge in [0.1, 0.15) is 0 Å². The van der Waals surface area contributed by atoms with E-state index in [1.54, 1.807) is 17.7 Å². The van der Waals surface area contributed by atoms with Crippen molar-refractivity contribution in [3.05, 3.63) is 34.2 Å². The summed E-state index contributed by atoms with van der Waals surface area (Å²) >= 11 is 0. The third-order valence-electron chi connectivity index (χ3n) is 4.83. The fraction of sp³-hybridized carbons (Fsp3) is 0.647. The Kier molecular flexibility index (Phi) is 5.13.